The lowest BCUT2D eigenvalue weighted by atomic mass is 10.0. The van der Waals surface area contributed by atoms with Crippen LogP contribution in [0.25, 0.3) is 0 Å². The minimum Gasteiger partial charge on any atom is -0.350 e. The molecule has 0 bridgehead atoms. The van der Waals surface area contributed by atoms with Gasteiger partial charge in [-0.3, -0.25) is 4.79 Å². The third kappa shape index (κ3) is 5.43. The number of anilines is 1. The Bertz CT molecular complexity index is 686. The molecule has 2 rings (SSSR count). The third-order valence-corrected chi connectivity index (χ3v) is 3.70. The zero-order valence-electron chi connectivity index (χ0n) is 14.0. The van der Waals surface area contributed by atoms with E-state index in [9.17, 15) is 9.59 Å². The van der Waals surface area contributed by atoms with E-state index in [4.69, 9.17) is 0 Å². The van der Waals surface area contributed by atoms with E-state index in [2.05, 4.69) is 16.0 Å². The van der Waals surface area contributed by atoms with Gasteiger partial charge in [0, 0.05) is 18.7 Å². The van der Waals surface area contributed by atoms with Gasteiger partial charge in [-0.05, 0) is 37.1 Å². The Labute approximate surface area is 142 Å². The molecule has 24 heavy (non-hydrogen) atoms. The molecule has 0 aliphatic heterocycles. The van der Waals surface area contributed by atoms with Gasteiger partial charge in [0.1, 0.15) is 0 Å². The zero-order chi connectivity index (χ0) is 17.4. The van der Waals surface area contributed by atoms with Crippen LogP contribution in [0.2, 0.25) is 0 Å². The fourth-order valence-electron chi connectivity index (χ4n) is 2.45. The predicted molar refractivity (Wildman–Crippen MR) is 95.8 cm³/mol. The number of carbonyl (C=O) groups excluding carboxylic acids is 2. The van der Waals surface area contributed by atoms with Gasteiger partial charge in [0.2, 0.25) is 5.91 Å². The van der Waals surface area contributed by atoms with Crippen molar-refractivity contribution in [3.05, 3.63) is 65.7 Å². The molecular formula is C19H23N3O2. The van der Waals surface area contributed by atoms with Crippen LogP contribution in [0.3, 0.4) is 0 Å². The van der Waals surface area contributed by atoms with Crippen LogP contribution in [-0.2, 0) is 4.79 Å². The fraction of sp³-hybridized carbons (Fsp3) is 0.263. The number of carbonyl (C=O) groups is 2. The van der Waals surface area contributed by atoms with Gasteiger partial charge in [0.25, 0.3) is 0 Å². The van der Waals surface area contributed by atoms with Gasteiger partial charge < -0.3 is 16.0 Å². The second-order valence-electron chi connectivity index (χ2n) is 5.64. The van der Waals surface area contributed by atoms with Gasteiger partial charge in [0.05, 0.1) is 6.04 Å². The van der Waals surface area contributed by atoms with Crippen LogP contribution in [0.5, 0.6) is 0 Å². The fourth-order valence-corrected chi connectivity index (χ4v) is 2.45. The summed E-state index contributed by atoms with van der Waals surface area (Å²) < 4.78 is 0. The minimum atomic E-state index is -0.319. The summed E-state index contributed by atoms with van der Waals surface area (Å²) in [7, 11) is 0. The first-order valence-electron chi connectivity index (χ1n) is 8.01. The van der Waals surface area contributed by atoms with E-state index < -0.39 is 0 Å². The number of rotatable bonds is 6. The van der Waals surface area contributed by atoms with E-state index in [1.165, 1.54) is 0 Å². The molecule has 3 N–H and O–H groups in total. The first-order valence-corrected chi connectivity index (χ1v) is 8.01. The lowest BCUT2D eigenvalue weighted by molar-refractivity contribution is -0.121. The Morgan fingerprint density at radius 1 is 1.00 bits per heavy atom. The molecule has 0 spiro atoms. The summed E-state index contributed by atoms with van der Waals surface area (Å²) in [6.07, 6.45) is 0.235. The van der Waals surface area contributed by atoms with Crippen LogP contribution in [0.15, 0.2) is 54.6 Å². The van der Waals surface area contributed by atoms with E-state index in [-0.39, 0.29) is 30.9 Å². The van der Waals surface area contributed by atoms with E-state index in [0.29, 0.717) is 5.69 Å². The number of amides is 3. The molecular weight excluding hydrogens is 302 g/mol. The summed E-state index contributed by atoms with van der Waals surface area (Å²) in [5.74, 6) is -0.0919. The summed E-state index contributed by atoms with van der Waals surface area (Å²) in [5.41, 5.74) is 2.96. The molecule has 0 radical (unpaired) electrons. The molecule has 126 valence electrons. The topological polar surface area (TPSA) is 70.2 Å². The maximum atomic E-state index is 12.0. The molecule has 0 saturated heterocycles. The van der Waals surface area contributed by atoms with Gasteiger partial charge in [0.15, 0.2) is 0 Å². The van der Waals surface area contributed by atoms with Crippen LogP contribution in [0, 0.1) is 6.92 Å². The molecule has 3 amide bonds. The lowest BCUT2D eigenvalue weighted by Gasteiger charge is -2.16. The largest absolute Gasteiger partial charge is 0.350 e. The molecule has 1 atom stereocenters. The van der Waals surface area contributed by atoms with Crippen LogP contribution in [0.4, 0.5) is 10.5 Å². The SMILES string of the molecule is Cc1ccccc1C(C)NC(=O)CCNC(=O)Nc1ccccc1. The van der Waals surface area contributed by atoms with Gasteiger partial charge in [-0.25, -0.2) is 4.79 Å². The average molecular weight is 325 g/mol. The average Bonchev–Trinajstić information content (AvgIpc) is 2.56. The van der Waals surface area contributed by atoms with E-state index in [1.54, 1.807) is 12.1 Å². The van der Waals surface area contributed by atoms with Crippen LogP contribution >= 0.6 is 0 Å². The molecule has 0 aromatic heterocycles. The minimum absolute atomic E-state index is 0.0585. The van der Waals surface area contributed by atoms with E-state index >= 15 is 0 Å². The molecule has 0 saturated carbocycles. The molecule has 0 heterocycles. The number of nitrogens with one attached hydrogen (secondary N) is 3. The molecule has 2 aromatic rings. The first-order chi connectivity index (χ1) is 11.6. The molecule has 1 unspecified atom stereocenters. The van der Waals surface area contributed by atoms with Gasteiger partial charge in [-0.2, -0.15) is 0 Å². The van der Waals surface area contributed by atoms with Crippen molar-refractivity contribution in [3.8, 4) is 0 Å². The summed E-state index contributed by atoms with van der Waals surface area (Å²) in [6, 6.07) is 16.8. The maximum Gasteiger partial charge on any atom is 0.319 e. The van der Waals surface area contributed by atoms with Crippen LogP contribution < -0.4 is 16.0 Å². The number of hydrogen-bond acceptors (Lipinski definition) is 2. The van der Waals surface area contributed by atoms with Crippen LogP contribution in [-0.4, -0.2) is 18.5 Å². The number of para-hydroxylation sites is 1. The molecule has 0 fully saturated rings. The van der Waals surface area contributed by atoms with Crippen molar-refractivity contribution in [1.29, 1.82) is 0 Å². The van der Waals surface area contributed by atoms with Crippen molar-refractivity contribution in [2.75, 3.05) is 11.9 Å². The second-order valence-corrected chi connectivity index (χ2v) is 5.64. The van der Waals surface area contributed by atoms with Crippen molar-refractivity contribution in [2.24, 2.45) is 0 Å². The van der Waals surface area contributed by atoms with Gasteiger partial charge in [-0.15, -0.1) is 0 Å². The van der Waals surface area contributed by atoms with Crippen molar-refractivity contribution < 1.29 is 9.59 Å². The third-order valence-electron chi connectivity index (χ3n) is 3.70. The summed E-state index contributed by atoms with van der Waals surface area (Å²) in [6.45, 7) is 4.26. The smallest absolute Gasteiger partial charge is 0.319 e. The maximum absolute atomic E-state index is 12.0. The van der Waals surface area contributed by atoms with Crippen molar-refractivity contribution in [2.45, 2.75) is 26.3 Å². The van der Waals surface area contributed by atoms with Gasteiger partial charge >= 0.3 is 6.03 Å². The predicted octanol–water partition coefficient (Wildman–Crippen LogP) is 3.38. The highest BCUT2D eigenvalue weighted by molar-refractivity contribution is 5.89. The van der Waals surface area contributed by atoms with E-state index in [0.717, 1.165) is 11.1 Å². The molecule has 0 aliphatic rings. The number of hydrogen-bond donors (Lipinski definition) is 3. The highest BCUT2D eigenvalue weighted by atomic mass is 16.2. The second kappa shape index (κ2) is 8.72. The van der Waals surface area contributed by atoms with Crippen molar-refractivity contribution in [3.63, 3.8) is 0 Å². The number of benzene rings is 2. The first kappa shape index (κ1) is 17.5. The lowest BCUT2D eigenvalue weighted by Crippen LogP contribution is -2.34. The Morgan fingerprint density at radius 2 is 1.67 bits per heavy atom. The number of urea groups is 1. The quantitative estimate of drug-likeness (QED) is 0.762. The summed E-state index contributed by atoms with van der Waals surface area (Å²) in [5, 5.41) is 8.33. The summed E-state index contributed by atoms with van der Waals surface area (Å²) in [4.78, 5) is 23.7. The van der Waals surface area contributed by atoms with Crippen molar-refractivity contribution in [1.82, 2.24) is 10.6 Å². The van der Waals surface area contributed by atoms with Crippen LogP contribution in [0.1, 0.15) is 30.5 Å². The zero-order valence-corrected chi connectivity index (χ0v) is 14.0. The van der Waals surface area contributed by atoms with E-state index in [1.807, 2.05) is 56.3 Å². The standard InChI is InChI=1S/C19H23N3O2/c1-14-8-6-7-11-17(14)15(2)21-18(23)12-13-20-19(24)22-16-9-4-3-5-10-16/h3-11,15H,12-13H2,1-2H3,(H,21,23)(H2,20,22,24). The molecule has 5 nitrogen and oxygen atoms in total. The normalized spacial score (nSPS) is 11.4. The highest BCUT2D eigenvalue weighted by Crippen LogP contribution is 2.16. The van der Waals surface area contributed by atoms with Gasteiger partial charge in [-0.1, -0.05) is 42.5 Å². The van der Waals surface area contributed by atoms with Crippen molar-refractivity contribution >= 4 is 17.6 Å². The molecule has 0 aliphatic carbocycles. The summed E-state index contributed by atoms with van der Waals surface area (Å²) >= 11 is 0. The monoisotopic (exact) mass is 325 g/mol. The molecule has 2 aromatic carbocycles. The Hall–Kier alpha value is -2.82. The highest BCUT2D eigenvalue weighted by Gasteiger charge is 2.11. The Balaban J connectivity index is 1.71. The Morgan fingerprint density at radius 3 is 2.38 bits per heavy atom. The number of aryl methyl sites for hydroxylation is 1. The Kier molecular flexibility index (Phi) is 6.37. The molecule has 5 heteroatoms.